The van der Waals surface area contributed by atoms with Crippen molar-refractivity contribution in [3.8, 4) is 11.8 Å². The molecule has 3 rings (SSSR count). The molecule has 2 aromatic carbocycles. The molecule has 1 saturated heterocycles. The van der Waals surface area contributed by atoms with Crippen molar-refractivity contribution in [3.63, 3.8) is 0 Å². The quantitative estimate of drug-likeness (QED) is 0.712. The van der Waals surface area contributed by atoms with Crippen molar-refractivity contribution >= 4 is 11.6 Å². The van der Waals surface area contributed by atoms with Gasteiger partial charge in [-0.15, -0.1) is 0 Å². The lowest BCUT2D eigenvalue weighted by Crippen LogP contribution is -2.33. The third kappa shape index (κ3) is 3.91. The molecule has 1 fully saturated rings. The summed E-state index contributed by atoms with van der Waals surface area (Å²) < 4.78 is 0. The second-order valence-electron chi connectivity index (χ2n) is 5.69. The molecule has 2 heteroatoms. The highest BCUT2D eigenvalue weighted by Gasteiger charge is 2.20. The van der Waals surface area contributed by atoms with Gasteiger partial charge in [-0.2, -0.15) is 0 Å². The predicted molar refractivity (Wildman–Crippen MR) is 92.9 cm³/mol. The summed E-state index contributed by atoms with van der Waals surface area (Å²) in [5, 5.41) is 0.751. The van der Waals surface area contributed by atoms with Gasteiger partial charge in [-0.1, -0.05) is 60.2 Å². The fraction of sp³-hybridized carbons (Fsp3) is 0.300. The summed E-state index contributed by atoms with van der Waals surface area (Å²) >= 11 is 5.94. The van der Waals surface area contributed by atoms with Crippen molar-refractivity contribution in [1.82, 2.24) is 4.90 Å². The minimum Gasteiger partial charge on any atom is -0.286 e. The molecule has 0 aromatic heterocycles. The summed E-state index contributed by atoms with van der Waals surface area (Å²) in [6.07, 6.45) is 3.88. The second-order valence-corrected chi connectivity index (χ2v) is 6.12. The molecular formula is C20H20ClN. The van der Waals surface area contributed by atoms with Crippen LogP contribution in [0.15, 0.2) is 54.6 Å². The summed E-state index contributed by atoms with van der Waals surface area (Å²) in [5.41, 5.74) is 2.30. The van der Waals surface area contributed by atoms with Gasteiger partial charge in [0.25, 0.3) is 0 Å². The van der Waals surface area contributed by atoms with E-state index in [2.05, 4.69) is 47.1 Å². The topological polar surface area (TPSA) is 3.24 Å². The Morgan fingerprint density at radius 1 is 0.864 bits per heavy atom. The van der Waals surface area contributed by atoms with Crippen molar-refractivity contribution in [2.24, 2.45) is 0 Å². The maximum Gasteiger partial charge on any atom is 0.0974 e. The molecule has 1 nitrogen and oxygen atoms in total. The van der Waals surface area contributed by atoms with Gasteiger partial charge in [0.15, 0.2) is 0 Å². The number of benzene rings is 2. The van der Waals surface area contributed by atoms with Gasteiger partial charge in [0, 0.05) is 10.6 Å². The van der Waals surface area contributed by atoms with E-state index < -0.39 is 0 Å². The van der Waals surface area contributed by atoms with Crippen molar-refractivity contribution in [3.05, 3.63) is 70.7 Å². The normalized spacial score (nSPS) is 16.6. The lowest BCUT2D eigenvalue weighted by Gasteiger charge is -2.31. The SMILES string of the molecule is Clc1ccc(C#CC(c2ccccc2)N2CCCCC2)cc1. The van der Waals surface area contributed by atoms with Gasteiger partial charge in [0.05, 0.1) is 6.04 Å². The minimum atomic E-state index is 0.178. The van der Waals surface area contributed by atoms with Gasteiger partial charge in [-0.05, 0) is 55.8 Å². The summed E-state index contributed by atoms with van der Waals surface area (Å²) in [6.45, 7) is 2.27. The highest BCUT2D eigenvalue weighted by atomic mass is 35.5. The predicted octanol–water partition coefficient (Wildman–Crippen LogP) is 4.92. The number of piperidine rings is 1. The molecule has 2 aromatic rings. The van der Waals surface area contributed by atoms with Gasteiger partial charge in [-0.25, -0.2) is 0 Å². The Labute approximate surface area is 137 Å². The molecular weight excluding hydrogens is 290 g/mol. The lowest BCUT2D eigenvalue weighted by molar-refractivity contribution is 0.197. The Morgan fingerprint density at radius 2 is 1.55 bits per heavy atom. The van der Waals surface area contributed by atoms with Crippen LogP contribution in [0.1, 0.15) is 36.4 Å². The monoisotopic (exact) mass is 309 g/mol. The first-order valence-electron chi connectivity index (χ1n) is 7.89. The molecule has 0 radical (unpaired) electrons. The average Bonchev–Trinajstić information content (AvgIpc) is 2.59. The molecule has 1 aliphatic rings. The standard InChI is InChI=1S/C20H20ClN/c21-19-12-9-17(10-13-19)11-14-20(18-7-3-1-4-8-18)22-15-5-2-6-16-22/h1,3-4,7-10,12-13,20H,2,5-6,15-16H2. The van der Waals surface area contributed by atoms with Gasteiger partial charge < -0.3 is 0 Å². The Bertz CT molecular complexity index is 646. The average molecular weight is 310 g/mol. The number of likely N-dealkylation sites (tertiary alicyclic amines) is 1. The van der Waals surface area contributed by atoms with E-state index in [9.17, 15) is 0 Å². The summed E-state index contributed by atoms with van der Waals surface area (Å²) in [4.78, 5) is 2.50. The molecule has 1 atom stereocenters. The largest absolute Gasteiger partial charge is 0.286 e. The first-order chi connectivity index (χ1) is 10.8. The zero-order chi connectivity index (χ0) is 15.2. The van der Waals surface area contributed by atoms with Crippen LogP contribution in [0.5, 0.6) is 0 Å². The third-order valence-corrected chi connectivity index (χ3v) is 4.32. The first-order valence-corrected chi connectivity index (χ1v) is 8.27. The van der Waals surface area contributed by atoms with Gasteiger partial charge in [-0.3, -0.25) is 4.90 Å². The van der Waals surface area contributed by atoms with Crippen LogP contribution in [0.2, 0.25) is 5.02 Å². The van der Waals surface area contributed by atoms with E-state index >= 15 is 0 Å². The van der Waals surface area contributed by atoms with Crippen LogP contribution in [-0.2, 0) is 0 Å². The fourth-order valence-corrected chi connectivity index (χ4v) is 3.01. The number of halogens is 1. The molecule has 1 aliphatic heterocycles. The van der Waals surface area contributed by atoms with E-state index in [0.29, 0.717) is 0 Å². The number of nitrogens with zero attached hydrogens (tertiary/aromatic N) is 1. The Kier molecular flexibility index (Phi) is 5.16. The van der Waals surface area contributed by atoms with Crippen molar-refractivity contribution in [2.45, 2.75) is 25.3 Å². The highest BCUT2D eigenvalue weighted by Crippen LogP contribution is 2.24. The van der Waals surface area contributed by atoms with Crippen LogP contribution in [-0.4, -0.2) is 18.0 Å². The zero-order valence-electron chi connectivity index (χ0n) is 12.6. The maximum absolute atomic E-state index is 5.94. The van der Waals surface area contributed by atoms with Crippen LogP contribution in [0.25, 0.3) is 0 Å². The molecule has 0 N–H and O–H groups in total. The molecule has 1 unspecified atom stereocenters. The maximum atomic E-state index is 5.94. The third-order valence-electron chi connectivity index (χ3n) is 4.07. The fourth-order valence-electron chi connectivity index (χ4n) is 2.88. The van der Waals surface area contributed by atoms with E-state index in [1.54, 1.807) is 0 Å². The number of hydrogen-bond acceptors (Lipinski definition) is 1. The first kappa shape index (κ1) is 15.2. The summed E-state index contributed by atoms with van der Waals surface area (Å²) in [5.74, 6) is 6.79. The van der Waals surface area contributed by atoms with Crippen molar-refractivity contribution in [2.75, 3.05) is 13.1 Å². The molecule has 22 heavy (non-hydrogen) atoms. The highest BCUT2D eigenvalue weighted by molar-refractivity contribution is 6.30. The van der Waals surface area contributed by atoms with Crippen LogP contribution in [0.3, 0.4) is 0 Å². The molecule has 0 spiro atoms. The second kappa shape index (κ2) is 7.49. The van der Waals surface area contributed by atoms with Gasteiger partial charge >= 0.3 is 0 Å². The zero-order valence-corrected chi connectivity index (χ0v) is 13.4. The molecule has 0 bridgehead atoms. The van der Waals surface area contributed by atoms with E-state index in [4.69, 9.17) is 11.6 Å². The lowest BCUT2D eigenvalue weighted by atomic mass is 10.0. The molecule has 112 valence electrons. The molecule has 0 aliphatic carbocycles. The molecule has 0 amide bonds. The van der Waals surface area contributed by atoms with E-state index in [1.165, 1.54) is 24.8 Å². The Balaban J connectivity index is 1.87. The van der Waals surface area contributed by atoms with Crippen LogP contribution >= 0.6 is 11.6 Å². The Morgan fingerprint density at radius 3 is 2.23 bits per heavy atom. The van der Waals surface area contributed by atoms with Crippen LogP contribution in [0.4, 0.5) is 0 Å². The van der Waals surface area contributed by atoms with Crippen molar-refractivity contribution in [1.29, 1.82) is 0 Å². The molecule has 1 heterocycles. The van der Waals surface area contributed by atoms with Crippen LogP contribution < -0.4 is 0 Å². The van der Waals surface area contributed by atoms with E-state index in [-0.39, 0.29) is 6.04 Å². The number of hydrogen-bond donors (Lipinski definition) is 0. The Hall–Kier alpha value is -1.75. The summed E-state index contributed by atoms with van der Waals surface area (Å²) in [7, 11) is 0. The van der Waals surface area contributed by atoms with E-state index in [1.807, 2.05) is 24.3 Å². The van der Waals surface area contributed by atoms with Gasteiger partial charge in [0.2, 0.25) is 0 Å². The number of rotatable bonds is 2. The molecule has 0 saturated carbocycles. The smallest absolute Gasteiger partial charge is 0.0974 e. The van der Waals surface area contributed by atoms with E-state index in [0.717, 1.165) is 23.7 Å². The minimum absolute atomic E-state index is 0.178. The van der Waals surface area contributed by atoms with Crippen molar-refractivity contribution < 1.29 is 0 Å². The summed E-state index contributed by atoms with van der Waals surface area (Å²) in [6, 6.07) is 18.5. The van der Waals surface area contributed by atoms with Gasteiger partial charge in [0.1, 0.15) is 0 Å². The van der Waals surface area contributed by atoms with Crippen LogP contribution in [0, 0.1) is 11.8 Å².